The maximum absolute atomic E-state index is 12.0. The first-order valence-corrected chi connectivity index (χ1v) is 8.64. The average Bonchev–Trinajstić information content (AvgIpc) is 2.81. The van der Waals surface area contributed by atoms with E-state index in [4.69, 9.17) is 16.0 Å². The van der Waals surface area contributed by atoms with Gasteiger partial charge in [-0.1, -0.05) is 25.1 Å². The summed E-state index contributed by atoms with van der Waals surface area (Å²) >= 11 is 5.65. The van der Waals surface area contributed by atoms with Crippen LogP contribution in [0.3, 0.4) is 0 Å². The second-order valence-electron chi connectivity index (χ2n) is 5.07. The van der Waals surface area contributed by atoms with E-state index >= 15 is 0 Å². The molecule has 2 unspecified atom stereocenters. The van der Waals surface area contributed by atoms with Crippen LogP contribution >= 0.6 is 11.6 Å². The Morgan fingerprint density at radius 3 is 2.65 bits per heavy atom. The topological polar surface area (TPSA) is 59.3 Å². The molecular formula is C14H18ClNO3S. The number of rotatable bonds is 6. The van der Waals surface area contributed by atoms with Gasteiger partial charge in [-0.05, 0) is 25.0 Å². The van der Waals surface area contributed by atoms with Crippen molar-refractivity contribution in [3.05, 3.63) is 36.1 Å². The molecule has 0 amide bonds. The molecule has 6 heteroatoms. The fraction of sp³-hybridized carbons (Fsp3) is 0.429. The van der Waals surface area contributed by atoms with Crippen molar-refractivity contribution in [3.8, 4) is 0 Å². The smallest absolute Gasteiger partial charge is 0.212 e. The van der Waals surface area contributed by atoms with Crippen molar-refractivity contribution < 1.29 is 12.8 Å². The van der Waals surface area contributed by atoms with Gasteiger partial charge in [0.05, 0.1) is 11.8 Å². The van der Waals surface area contributed by atoms with E-state index in [1.54, 1.807) is 13.8 Å². The SMILES string of the molecule is CC(CCl)CS(=O)(=O)NC(C)c1cc2ccccc2o1. The van der Waals surface area contributed by atoms with Crippen LogP contribution in [-0.2, 0) is 10.0 Å². The highest BCUT2D eigenvalue weighted by molar-refractivity contribution is 7.89. The molecule has 1 N–H and O–H groups in total. The number of hydrogen-bond acceptors (Lipinski definition) is 3. The number of para-hydroxylation sites is 1. The van der Waals surface area contributed by atoms with E-state index < -0.39 is 16.1 Å². The van der Waals surface area contributed by atoms with Gasteiger partial charge in [-0.25, -0.2) is 13.1 Å². The Kier molecular flexibility index (Phi) is 4.73. The molecule has 110 valence electrons. The Labute approximate surface area is 124 Å². The minimum atomic E-state index is -3.37. The second kappa shape index (κ2) is 6.16. The molecule has 2 aromatic rings. The molecule has 1 aromatic heterocycles. The third-order valence-corrected chi connectivity index (χ3v) is 5.24. The third kappa shape index (κ3) is 3.75. The normalized spacial score (nSPS) is 15.3. The molecule has 0 aliphatic rings. The number of nitrogens with one attached hydrogen (secondary N) is 1. The van der Waals surface area contributed by atoms with E-state index in [2.05, 4.69) is 4.72 Å². The van der Waals surface area contributed by atoms with E-state index in [0.717, 1.165) is 11.0 Å². The molecule has 20 heavy (non-hydrogen) atoms. The lowest BCUT2D eigenvalue weighted by Crippen LogP contribution is -2.31. The maximum atomic E-state index is 12.0. The standard InChI is InChI=1S/C14H18ClNO3S/c1-10(8-15)9-20(17,18)16-11(2)14-7-12-5-3-4-6-13(12)19-14/h3-7,10-11,16H,8-9H2,1-2H3. The summed E-state index contributed by atoms with van der Waals surface area (Å²) < 4.78 is 32.2. The van der Waals surface area contributed by atoms with Crippen LogP contribution in [0.1, 0.15) is 25.6 Å². The molecule has 0 saturated heterocycles. The van der Waals surface area contributed by atoms with Crippen molar-refractivity contribution in [2.24, 2.45) is 5.92 Å². The highest BCUT2D eigenvalue weighted by atomic mass is 35.5. The Morgan fingerprint density at radius 1 is 1.30 bits per heavy atom. The van der Waals surface area contributed by atoms with Gasteiger partial charge in [-0.15, -0.1) is 11.6 Å². The molecule has 0 radical (unpaired) electrons. The zero-order valence-corrected chi connectivity index (χ0v) is 13.0. The van der Waals surface area contributed by atoms with Crippen LogP contribution in [0.25, 0.3) is 11.0 Å². The van der Waals surface area contributed by atoms with Crippen molar-refractivity contribution in [1.29, 1.82) is 0 Å². The zero-order chi connectivity index (χ0) is 14.8. The molecule has 1 aromatic carbocycles. The van der Waals surface area contributed by atoms with Gasteiger partial charge in [0.1, 0.15) is 11.3 Å². The largest absolute Gasteiger partial charge is 0.459 e. The zero-order valence-electron chi connectivity index (χ0n) is 11.5. The molecule has 0 bridgehead atoms. The van der Waals surface area contributed by atoms with Crippen LogP contribution in [0, 0.1) is 5.92 Å². The summed E-state index contributed by atoms with van der Waals surface area (Å²) in [4.78, 5) is 0. The molecule has 0 spiro atoms. The van der Waals surface area contributed by atoms with Gasteiger partial charge in [-0.2, -0.15) is 0 Å². The fourth-order valence-corrected chi connectivity index (χ4v) is 3.87. The number of halogens is 1. The number of sulfonamides is 1. The summed E-state index contributed by atoms with van der Waals surface area (Å²) in [6, 6.07) is 9.03. The fourth-order valence-electron chi connectivity index (χ4n) is 2.01. The summed E-state index contributed by atoms with van der Waals surface area (Å²) in [7, 11) is -3.37. The number of fused-ring (bicyclic) bond motifs is 1. The monoisotopic (exact) mass is 315 g/mol. The average molecular weight is 316 g/mol. The first-order valence-electron chi connectivity index (χ1n) is 6.45. The van der Waals surface area contributed by atoms with Gasteiger partial charge in [0.25, 0.3) is 0 Å². The highest BCUT2D eigenvalue weighted by Crippen LogP contribution is 2.24. The van der Waals surface area contributed by atoms with Crippen LogP contribution in [0.4, 0.5) is 0 Å². The van der Waals surface area contributed by atoms with Gasteiger partial charge in [0.15, 0.2) is 0 Å². The first-order chi connectivity index (χ1) is 9.41. The summed E-state index contributed by atoms with van der Waals surface area (Å²) in [5.41, 5.74) is 0.752. The van der Waals surface area contributed by atoms with Crippen molar-refractivity contribution >= 4 is 32.6 Å². The molecule has 4 nitrogen and oxygen atoms in total. The van der Waals surface area contributed by atoms with Gasteiger partial charge in [-0.3, -0.25) is 0 Å². The number of benzene rings is 1. The van der Waals surface area contributed by atoms with Crippen molar-refractivity contribution in [2.45, 2.75) is 19.9 Å². The summed E-state index contributed by atoms with van der Waals surface area (Å²) in [6.45, 7) is 3.57. The predicted octanol–water partition coefficient (Wildman–Crippen LogP) is 3.29. The molecule has 0 saturated carbocycles. The molecule has 2 atom stereocenters. The van der Waals surface area contributed by atoms with Gasteiger partial charge in [0, 0.05) is 11.3 Å². The first kappa shape index (κ1) is 15.4. The van der Waals surface area contributed by atoms with Crippen LogP contribution < -0.4 is 4.72 Å². The quantitative estimate of drug-likeness (QED) is 0.832. The maximum Gasteiger partial charge on any atom is 0.212 e. The van der Waals surface area contributed by atoms with Crippen LogP contribution in [0.5, 0.6) is 0 Å². The van der Waals surface area contributed by atoms with Crippen LogP contribution in [-0.4, -0.2) is 20.1 Å². The Balaban J connectivity index is 2.13. The Morgan fingerprint density at radius 2 is 2.00 bits per heavy atom. The van der Waals surface area contributed by atoms with Gasteiger partial charge >= 0.3 is 0 Å². The predicted molar refractivity (Wildman–Crippen MR) is 81.4 cm³/mol. The molecule has 2 rings (SSSR count). The lowest BCUT2D eigenvalue weighted by Gasteiger charge is -2.14. The minimum absolute atomic E-state index is 0.0149. The Hall–Kier alpha value is -1.04. The van der Waals surface area contributed by atoms with Crippen molar-refractivity contribution in [3.63, 3.8) is 0 Å². The molecular weight excluding hydrogens is 298 g/mol. The third-order valence-electron chi connectivity index (χ3n) is 3.00. The summed E-state index contributed by atoms with van der Waals surface area (Å²) in [5, 5.41) is 0.961. The highest BCUT2D eigenvalue weighted by Gasteiger charge is 2.20. The van der Waals surface area contributed by atoms with Crippen molar-refractivity contribution in [1.82, 2.24) is 4.72 Å². The molecule has 0 aliphatic carbocycles. The van der Waals surface area contributed by atoms with E-state index in [0.29, 0.717) is 11.6 Å². The summed E-state index contributed by atoms with van der Waals surface area (Å²) in [6.07, 6.45) is 0. The number of furan rings is 1. The van der Waals surface area contributed by atoms with E-state index in [1.165, 1.54) is 0 Å². The van der Waals surface area contributed by atoms with Crippen molar-refractivity contribution in [2.75, 3.05) is 11.6 Å². The minimum Gasteiger partial charge on any atom is -0.459 e. The molecule has 1 heterocycles. The van der Waals surface area contributed by atoms with E-state index in [-0.39, 0.29) is 11.7 Å². The molecule has 0 fully saturated rings. The molecule has 0 aliphatic heterocycles. The lowest BCUT2D eigenvalue weighted by molar-refractivity contribution is 0.482. The summed E-state index contributed by atoms with van der Waals surface area (Å²) in [5.74, 6) is 0.853. The van der Waals surface area contributed by atoms with E-state index in [1.807, 2.05) is 30.3 Å². The van der Waals surface area contributed by atoms with Gasteiger partial charge < -0.3 is 4.42 Å². The second-order valence-corrected chi connectivity index (χ2v) is 7.17. The van der Waals surface area contributed by atoms with Crippen LogP contribution in [0.15, 0.2) is 34.7 Å². The van der Waals surface area contributed by atoms with E-state index in [9.17, 15) is 8.42 Å². The Bertz CT molecular complexity index is 648. The lowest BCUT2D eigenvalue weighted by atomic mass is 10.2. The van der Waals surface area contributed by atoms with Gasteiger partial charge in [0.2, 0.25) is 10.0 Å². The number of alkyl halides is 1. The number of hydrogen-bond donors (Lipinski definition) is 1. The van der Waals surface area contributed by atoms with Crippen LogP contribution in [0.2, 0.25) is 0 Å².